The van der Waals surface area contributed by atoms with Crippen LogP contribution < -0.4 is 4.74 Å². The lowest BCUT2D eigenvalue weighted by Gasteiger charge is -2.10. The van der Waals surface area contributed by atoms with E-state index in [1.165, 1.54) is 11.1 Å². The lowest BCUT2D eigenvalue weighted by molar-refractivity contribution is 0.0827. The van der Waals surface area contributed by atoms with E-state index in [-0.39, 0.29) is 5.91 Å². The lowest BCUT2D eigenvalue weighted by atomic mass is 10.2. The SMILES string of the molecule is CN(C)C(=O)c1ccc(Oc2ccc(Br)cc2)nc1. The Bertz CT molecular complexity index is 565. The predicted octanol–water partition coefficient (Wildman–Crippen LogP) is 3.34. The molecule has 1 aromatic heterocycles. The number of rotatable bonds is 3. The number of nitrogens with zero attached hydrogens (tertiary/aromatic N) is 2. The van der Waals surface area contributed by atoms with Gasteiger partial charge in [0.15, 0.2) is 0 Å². The number of ether oxygens (including phenoxy) is 1. The van der Waals surface area contributed by atoms with Gasteiger partial charge < -0.3 is 9.64 Å². The predicted molar refractivity (Wildman–Crippen MR) is 76.5 cm³/mol. The zero-order valence-electron chi connectivity index (χ0n) is 10.6. The van der Waals surface area contributed by atoms with Crippen molar-refractivity contribution in [2.24, 2.45) is 0 Å². The van der Waals surface area contributed by atoms with Gasteiger partial charge in [0.1, 0.15) is 5.75 Å². The quantitative estimate of drug-likeness (QED) is 0.871. The first-order valence-corrected chi connectivity index (χ1v) is 6.46. The summed E-state index contributed by atoms with van der Waals surface area (Å²) in [7, 11) is 3.41. The van der Waals surface area contributed by atoms with E-state index in [1.807, 2.05) is 24.3 Å². The molecule has 0 aliphatic heterocycles. The molecule has 1 amide bonds. The van der Waals surface area contributed by atoms with Crippen LogP contribution in [0.4, 0.5) is 0 Å². The fourth-order valence-electron chi connectivity index (χ4n) is 1.45. The highest BCUT2D eigenvalue weighted by molar-refractivity contribution is 9.10. The van der Waals surface area contributed by atoms with Gasteiger partial charge >= 0.3 is 0 Å². The third kappa shape index (κ3) is 3.54. The first kappa shape index (κ1) is 13.5. The Hall–Kier alpha value is -1.88. The summed E-state index contributed by atoms with van der Waals surface area (Å²) < 4.78 is 6.56. The molecule has 0 fully saturated rings. The molecule has 1 heterocycles. The maximum atomic E-state index is 11.7. The van der Waals surface area contributed by atoms with Crippen molar-refractivity contribution in [2.75, 3.05) is 14.1 Å². The molecule has 98 valence electrons. The Labute approximate surface area is 120 Å². The zero-order valence-corrected chi connectivity index (χ0v) is 12.2. The maximum absolute atomic E-state index is 11.7. The van der Waals surface area contributed by atoms with Crippen LogP contribution in [0.2, 0.25) is 0 Å². The van der Waals surface area contributed by atoms with E-state index >= 15 is 0 Å². The molecule has 5 heteroatoms. The molecular weight excluding hydrogens is 308 g/mol. The van der Waals surface area contributed by atoms with E-state index in [0.29, 0.717) is 17.2 Å². The van der Waals surface area contributed by atoms with E-state index in [1.54, 1.807) is 26.2 Å². The number of halogens is 1. The van der Waals surface area contributed by atoms with Crippen LogP contribution in [0.5, 0.6) is 11.6 Å². The summed E-state index contributed by atoms with van der Waals surface area (Å²) in [5.41, 5.74) is 0.535. The van der Waals surface area contributed by atoms with E-state index in [9.17, 15) is 4.79 Å². The van der Waals surface area contributed by atoms with Crippen molar-refractivity contribution >= 4 is 21.8 Å². The highest BCUT2D eigenvalue weighted by Gasteiger charge is 2.08. The van der Waals surface area contributed by atoms with Crippen LogP contribution in [-0.4, -0.2) is 29.9 Å². The Balaban J connectivity index is 2.10. The molecule has 2 rings (SSSR count). The first-order valence-electron chi connectivity index (χ1n) is 5.67. The van der Waals surface area contributed by atoms with Gasteiger partial charge in [-0.15, -0.1) is 0 Å². The molecule has 19 heavy (non-hydrogen) atoms. The standard InChI is InChI=1S/C14H13BrN2O2/c1-17(2)14(18)10-3-8-13(16-9-10)19-12-6-4-11(15)5-7-12/h3-9H,1-2H3. The highest BCUT2D eigenvalue weighted by Crippen LogP contribution is 2.21. The number of pyridine rings is 1. The molecule has 4 nitrogen and oxygen atoms in total. The molecule has 0 saturated heterocycles. The summed E-state index contributed by atoms with van der Waals surface area (Å²) in [6.07, 6.45) is 1.51. The van der Waals surface area contributed by atoms with Crippen LogP contribution in [0.25, 0.3) is 0 Å². The minimum absolute atomic E-state index is 0.0808. The average Bonchev–Trinajstić information content (AvgIpc) is 2.41. The van der Waals surface area contributed by atoms with Crippen molar-refractivity contribution < 1.29 is 9.53 Å². The monoisotopic (exact) mass is 320 g/mol. The number of carbonyl (C=O) groups is 1. The van der Waals surface area contributed by atoms with E-state index in [0.717, 1.165) is 4.47 Å². The maximum Gasteiger partial charge on any atom is 0.254 e. The van der Waals surface area contributed by atoms with Gasteiger partial charge in [0, 0.05) is 30.8 Å². The highest BCUT2D eigenvalue weighted by atomic mass is 79.9. The molecule has 1 aromatic carbocycles. The third-order valence-corrected chi connectivity index (χ3v) is 2.95. The number of aromatic nitrogens is 1. The van der Waals surface area contributed by atoms with Gasteiger partial charge in [0.05, 0.1) is 5.56 Å². The Morgan fingerprint density at radius 1 is 1.16 bits per heavy atom. The number of carbonyl (C=O) groups excluding carboxylic acids is 1. The largest absolute Gasteiger partial charge is 0.439 e. The molecule has 0 aliphatic carbocycles. The van der Waals surface area contributed by atoms with Gasteiger partial charge in [0.2, 0.25) is 5.88 Å². The van der Waals surface area contributed by atoms with Crippen molar-refractivity contribution in [3.05, 3.63) is 52.6 Å². The molecule has 0 spiro atoms. The summed E-state index contributed by atoms with van der Waals surface area (Å²) >= 11 is 3.36. The molecule has 0 atom stereocenters. The van der Waals surface area contributed by atoms with Crippen molar-refractivity contribution in [3.8, 4) is 11.6 Å². The van der Waals surface area contributed by atoms with Crippen LogP contribution in [0.1, 0.15) is 10.4 Å². The summed E-state index contributed by atoms with van der Waals surface area (Å²) in [6, 6.07) is 10.8. The number of benzene rings is 1. The summed E-state index contributed by atoms with van der Waals surface area (Å²) in [6.45, 7) is 0. The number of amides is 1. The minimum Gasteiger partial charge on any atom is -0.439 e. The molecule has 0 N–H and O–H groups in total. The van der Waals surface area contributed by atoms with Crippen LogP contribution in [0.15, 0.2) is 47.1 Å². The Morgan fingerprint density at radius 2 is 1.84 bits per heavy atom. The van der Waals surface area contributed by atoms with E-state index in [4.69, 9.17) is 4.74 Å². The second kappa shape index (κ2) is 5.84. The van der Waals surface area contributed by atoms with Gasteiger partial charge in [-0.3, -0.25) is 4.79 Å². The van der Waals surface area contributed by atoms with Crippen LogP contribution in [-0.2, 0) is 0 Å². The van der Waals surface area contributed by atoms with Gasteiger partial charge in [-0.05, 0) is 30.3 Å². The normalized spacial score (nSPS) is 10.1. The lowest BCUT2D eigenvalue weighted by Crippen LogP contribution is -2.21. The Morgan fingerprint density at radius 3 is 2.37 bits per heavy atom. The first-order chi connectivity index (χ1) is 9.06. The number of hydrogen-bond donors (Lipinski definition) is 0. The molecule has 0 bridgehead atoms. The van der Waals surface area contributed by atoms with Crippen molar-refractivity contribution in [2.45, 2.75) is 0 Å². The van der Waals surface area contributed by atoms with Crippen LogP contribution >= 0.6 is 15.9 Å². The molecule has 2 aromatic rings. The minimum atomic E-state index is -0.0808. The van der Waals surface area contributed by atoms with Crippen molar-refractivity contribution in [3.63, 3.8) is 0 Å². The van der Waals surface area contributed by atoms with Gasteiger partial charge in [-0.25, -0.2) is 4.98 Å². The fourth-order valence-corrected chi connectivity index (χ4v) is 1.71. The van der Waals surface area contributed by atoms with Crippen molar-refractivity contribution in [1.29, 1.82) is 0 Å². The third-order valence-electron chi connectivity index (χ3n) is 2.43. The molecule has 0 unspecified atom stereocenters. The second-order valence-corrected chi connectivity index (χ2v) is 5.06. The Kier molecular flexibility index (Phi) is 4.16. The molecule has 0 saturated carbocycles. The fraction of sp³-hybridized carbons (Fsp3) is 0.143. The van der Waals surface area contributed by atoms with Crippen LogP contribution in [0.3, 0.4) is 0 Å². The van der Waals surface area contributed by atoms with Gasteiger partial charge in [0.25, 0.3) is 5.91 Å². The topological polar surface area (TPSA) is 42.4 Å². The van der Waals surface area contributed by atoms with E-state index in [2.05, 4.69) is 20.9 Å². The van der Waals surface area contributed by atoms with Gasteiger partial charge in [-0.2, -0.15) is 0 Å². The molecule has 0 aliphatic rings. The van der Waals surface area contributed by atoms with Gasteiger partial charge in [-0.1, -0.05) is 15.9 Å². The van der Waals surface area contributed by atoms with E-state index < -0.39 is 0 Å². The molecular formula is C14H13BrN2O2. The second-order valence-electron chi connectivity index (χ2n) is 4.14. The smallest absolute Gasteiger partial charge is 0.254 e. The summed E-state index contributed by atoms with van der Waals surface area (Å²) in [5, 5.41) is 0. The van der Waals surface area contributed by atoms with Crippen molar-refractivity contribution in [1.82, 2.24) is 9.88 Å². The molecule has 0 radical (unpaired) electrons. The van der Waals surface area contributed by atoms with Crippen LogP contribution in [0, 0.1) is 0 Å². The number of hydrogen-bond acceptors (Lipinski definition) is 3. The zero-order chi connectivity index (χ0) is 13.8. The summed E-state index contributed by atoms with van der Waals surface area (Å²) in [5.74, 6) is 1.07. The average molecular weight is 321 g/mol. The summed E-state index contributed by atoms with van der Waals surface area (Å²) in [4.78, 5) is 17.3.